The van der Waals surface area contributed by atoms with Crippen molar-refractivity contribution in [2.75, 3.05) is 20.2 Å². The van der Waals surface area contributed by atoms with Crippen LogP contribution >= 0.6 is 0 Å². The molecule has 1 aliphatic heterocycles. The van der Waals surface area contributed by atoms with E-state index >= 15 is 0 Å². The van der Waals surface area contributed by atoms with E-state index < -0.39 is 15.8 Å². The molecule has 1 aliphatic rings. The molecule has 0 amide bonds. The number of methoxy groups -OCH3 is 1. The highest BCUT2D eigenvalue weighted by Gasteiger charge is 2.32. The fraction of sp³-hybridized carbons (Fsp3) is 0.909. The van der Waals surface area contributed by atoms with Gasteiger partial charge in [-0.2, -0.15) is 12.7 Å². The molecular weight excluding hydrogens is 272 g/mol. The first-order chi connectivity index (χ1) is 8.65. The Morgan fingerprint density at radius 2 is 1.79 bits per heavy atom. The number of esters is 1. The van der Waals surface area contributed by atoms with Crippen molar-refractivity contribution < 1.29 is 22.8 Å². The summed E-state index contributed by atoms with van der Waals surface area (Å²) in [5.74, 6) is -0.504. The largest absolute Gasteiger partial charge is 0.469 e. The summed E-state index contributed by atoms with van der Waals surface area (Å²) in [6.07, 6.45) is 0.923. The van der Waals surface area contributed by atoms with Crippen LogP contribution in [0.25, 0.3) is 0 Å². The highest BCUT2D eigenvalue weighted by atomic mass is 32.2. The number of nitrogens with zero attached hydrogens (tertiary/aromatic N) is 1. The third-order valence-corrected chi connectivity index (χ3v) is 4.12. The fourth-order valence-corrected chi connectivity index (χ4v) is 2.88. The highest BCUT2D eigenvalue weighted by Crippen LogP contribution is 2.20. The Morgan fingerprint density at radius 3 is 2.21 bits per heavy atom. The van der Waals surface area contributed by atoms with Crippen molar-refractivity contribution in [3.8, 4) is 0 Å². The van der Waals surface area contributed by atoms with Gasteiger partial charge in [0.2, 0.25) is 0 Å². The molecule has 8 heteroatoms. The maximum absolute atomic E-state index is 12.0. The summed E-state index contributed by atoms with van der Waals surface area (Å²) >= 11 is 0. The number of hydrogen-bond donors (Lipinski definition) is 1. The lowest BCUT2D eigenvalue weighted by molar-refractivity contribution is -0.146. The van der Waals surface area contributed by atoms with Crippen LogP contribution in [0, 0.1) is 5.92 Å². The number of carbonyl (C=O) groups excluding carboxylic acids is 1. The molecule has 0 aliphatic carbocycles. The van der Waals surface area contributed by atoms with E-state index in [1.165, 1.54) is 11.4 Å². The summed E-state index contributed by atoms with van der Waals surface area (Å²) < 4.78 is 29.8. The summed E-state index contributed by atoms with van der Waals surface area (Å²) in [5, 5.41) is 0. The summed E-state index contributed by atoms with van der Waals surface area (Å²) in [6.45, 7) is 5.81. The van der Waals surface area contributed by atoms with Crippen LogP contribution in [0.5, 0.6) is 0 Å². The van der Waals surface area contributed by atoms with Gasteiger partial charge in [0.15, 0.2) is 0 Å². The summed E-state index contributed by atoms with van der Waals surface area (Å²) in [7, 11) is -2.33. The van der Waals surface area contributed by atoms with Crippen molar-refractivity contribution >= 4 is 16.2 Å². The molecule has 0 aromatic rings. The SMILES string of the molecule is COC(=O)C1CCN(S(=O)(=O)NOC(C)(C)C)CC1. The molecule has 0 unspecified atom stereocenters. The molecule has 1 N–H and O–H groups in total. The first kappa shape index (κ1) is 16.4. The number of piperidine rings is 1. The zero-order valence-corrected chi connectivity index (χ0v) is 12.6. The monoisotopic (exact) mass is 294 g/mol. The molecule has 1 saturated heterocycles. The smallest absolute Gasteiger partial charge is 0.308 e. The topological polar surface area (TPSA) is 84.9 Å². The molecule has 19 heavy (non-hydrogen) atoms. The second kappa shape index (κ2) is 6.17. The Kier molecular flexibility index (Phi) is 5.31. The van der Waals surface area contributed by atoms with Gasteiger partial charge in [-0.25, -0.2) is 0 Å². The second-order valence-corrected chi connectivity index (χ2v) is 7.13. The second-order valence-electron chi connectivity index (χ2n) is 5.50. The molecule has 0 bridgehead atoms. The van der Waals surface area contributed by atoms with Gasteiger partial charge in [0.1, 0.15) is 0 Å². The summed E-state index contributed by atoms with van der Waals surface area (Å²) in [4.78, 5) is 18.5. The van der Waals surface area contributed by atoms with Gasteiger partial charge in [-0.15, -0.1) is 0 Å². The fourth-order valence-electron chi connectivity index (χ4n) is 1.73. The van der Waals surface area contributed by atoms with Gasteiger partial charge in [0.05, 0.1) is 18.6 Å². The van der Waals surface area contributed by atoms with Crippen molar-refractivity contribution in [3.05, 3.63) is 0 Å². The lowest BCUT2D eigenvalue weighted by Gasteiger charge is -2.30. The third kappa shape index (κ3) is 5.06. The molecular formula is C11H22N2O5S. The predicted octanol–water partition coefficient (Wildman–Crippen LogP) is 0.436. The lowest BCUT2D eigenvalue weighted by atomic mass is 9.99. The minimum Gasteiger partial charge on any atom is -0.469 e. The van der Waals surface area contributed by atoms with Gasteiger partial charge in [0.25, 0.3) is 0 Å². The van der Waals surface area contributed by atoms with E-state index in [9.17, 15) is 13.2 Å². The molecule has 7 nitrogen and oxygen atoms in total. The van der Waals surface area contributed by atoms with Crippen LogP contribution in [0.15, 0.2) is 0 Å². The average molecular weight is 294 g/mol. The van der Waals surface area contributed by atoms with E-state index in [2.05, 4.69) is 9.62 Å². The number of nitrogens with one attached hydrogen (secondary N) is 1. The van der Waals surface area contributed by atoms with Crippen molar-refractivity contribution in [2.45, 2.75) is 39.2 Å². The average Bonchev–Trinajstić information content (AvgIpc) is 2.35. The van der Waals surface area contributed by atoms with Crippen LogP contribution in [0.3, 0.4) is 0 Å². The third-order valence-electron chi connectivity index (χ3n) is 2.78. The molecule has 0 aromatic carbocycles. The maximum Gasteiger partial charge on any atom is 0.308 e. The summed E-state index contributed by atoms with van der Waals surface area (Å²) in [6, 6.07) is 0. The molecule has 0 radical (unpaired) electrons. The minimum absolute atomic E-state index is 0.222. The Morgan fingerprint density at radius 1 is 1.26 bits per heavy atom. The van der Waals surface area contributed by atoms with Gasteiger partial charge >= 0.3 is 16.2 Å². The van der Waals surface area contributed by atoms with Crippen LogP contribution < -0.4 is 4.89 Å². The number of hydrogen-bond acceptors (Lipinski definition) is 5. The molecule has 0 spiro atoms. The van der Waals surface area contributed by atoms with Crippen LogP contribution in [0.4, 0.5) is 0 Å². The van der Waals surface area contributed by atoms with E-state index in [0.29, 0.717) is 12.8 Å². The summed E-state index contributed by atoms with van der Waals surface area (Å²) in [5.41, 5.74) is -0.600. The van der Waals surface area contributed by atoms with Gasteiger partial charge < -0.3 is 4.74 Å². The van der Waals surface area contributed by atoms with Gasteiger partial charge in [-0.05, 0) is 33.6 Å². The van der Waals surface area contributed by atoms with Crippen molar-refractivity contribution in [1.29, 1.82) is 0 Å². The standard InChI is InChI=1S/C11H22N2O5S/c1-11(2,3)18-12-19(15,16)13-7-5-9(6-8-13)10(14)17-4/h9,12H,5-8H2,1-4H3. The normalized spacial score (nSPS) is 19.4. The lowest BCUT2D eigenvalue weighted by Crippen LogP contribution is -2.47. The predicted molar refractivity (Wildman–Crippen MR) is 69.2 cm³/mol. The quantitative estimate of drug-likeness (QED) is 0.600. The molecule has 112 valence electrons. The molecule has 0 aromatic heterocycles. The van der Waals surface area contributed by atoms with Gasteiger partial charge in [0, 0.05) is 13.1 Å². The van der Waals surface area contributed by atoms with Gasteiger partial charge in [-0.3, -0.25) is 9.63 Å². The first-order valence-electron chi connectivity index (χ1n) is 6.18. The van der Waals surface area contributed by atoms with E-state index in [0.717, 1.165) is 0 Å². The maximum atomic E-state index is 12.0. The Labute approximate surface area is 114 Å². The van der Waals surface area contributed by atoms with E-state index in [1.807, 2.05) is 0 Å². The van der Waals surface area contributed by atoms with Crippen molar-refractivity contribution in [3.63, 3.8) is 0 Å². The van der Waals surface area contributed by atoms with Gasteiger partial charge in [-0.1, -0.05) is 4.89 Å². The highest BCUT2D eigenvalue weighted by molar-refractivity contribution is 7.87. The molecule has 1 heterocycles. The van der Waals surface area contributed by atoms with Crippen LogP contribution in [-0.4, -0.2) is 44.5 Å². The van der Waals surface area contributed by atoms with Crippen LogP contribution in [-0.2, 0) is 24.6 Å². The van der Waals surface area contributed by atoms with E-state index in [4.69, 9.17) is 4.84 Å². The molecule has 1 fully saturated rings. The Hall–Kier alpha value is -0.700. The van der Waals surface area contributed by atoms with Crippen molar-refractivity contribution in [1.82, 2.24) is 9.19 Å². The first-order valence-corrected chi connectivity index (χ1v) is 7.62. The Bertz CT molecular complexity index is 407. The number of ether oxygens (including phenoxy) is 1. The van der Waals surface area contributed by atoms with Crippen LogP contribution in [0.1, 0.15) is 33.6 Å². The number of carbonyl (C=O) groups is 1. The van der Waals surface area contributed by atoms with Crippen molar-refractivity contribution in [2.24, 2.45) is 5.92 Å². The molecule has 0 saturated carbocycles. The molecule has 1 rings (SSSR count). The number of rotatable bonds is 4. The van der Waals surface area contributed by atoms with E-state index in [-0.39, 0.29) is 25.0 Å². The minimum atomic E-state index is -3.66. The Balaban J connectivity index is 2.52. The zero-order valence-electron chi connectivity index (χ0n) is 11.8. The van der Waals surface area contributed by atoms with Crippen LogP contribution in [0.2, 0.25) is 0 Å². The molecule has 0 atom stereocenters. The van der Waals surface area contributed by atoms with E-state index in [1.54, 1.807) is 20.8 Å². The zero-order chi connectivity index (χ0) is 14.7.